The summed E-state index contributed by atoms with van der Waals surface area (Å²) in [5.74, 6) is 0.0623. The van der Waals surface area contributed by atoms with Gasteiger partial charge in [-0.2, -0.15) is 0 Å². The van der Waals surface area contributed by atoms with Crippen LogP contribution in [-0.4, -0.2) is 19.0 Å². The highest BCUT2D eigenvalue weighted by atomic mass is 16.1. The van der Waals surface area contributed by atoms with E-state index in [0.717, 1.165) is 29.8 Å². The topological polar surface area (TPSA) is 41.1 Å². The van der Waals surface area contributed by atoms with Gasteiger partial charge in [-0.15, -0.1) is 0 Å². The normalized spacial score (nSPS) is 10.6. The molecule has 2 rings (SSSR count). The first-order valence-corrected chi connectivity index (χ1v) is 8.18. The third kappa shape index (κ3) is 5.53. The summed E-state index contributed by atoms with van der Waals surface area (Å²) in [5.41, 5.74) is 5.72. The predicted octanol–water partition coefficient (Wildman–Crippen LogP) is 3.77. The van der Waals surface area contributed by atoms with Gasteiger partial charge in [-0.25, -0.2) is 0 Å². The Bertz CT molecular complexity index is 627. The third-order valence-corrected chi connectivity index (χ3v) is 3.90. The molecule has 2 aromatic carbocycles. The maximum absolute atomic E-state index is 12.1. The standard InChI is InChI=1S/C20H26N2O/c1-15-13-16(2)20(17(3)14-15)22-19(23)10-12-21-11-9-18-7-5-4-6-8-18/h4-8,13-14,21H,9-12H2,1-3H3,(H,22,23). The number of carbonyl (C=O) groups excluding carboxylic acids is 1. The summed E-state index contributed by atoms with van der Waals surface area (Å²) >= 11 is 0. The summed E-state index contributed by atoms with van der Waals surface area (Å²) in [6, 6.07) is 14.6. The fourth-order valence-electron chi connectivity index (χ4n) is 2.78. The van der Waals surface area contributed by atoms with Gasteiger partial charge in [-0.05, 0) is 50.4 Å². The number of hydrogen-bond acceptors (Lipinski definition) is 2. The second kappa shape index (κ2) is 8.49. The molecule has 3 nitrogen and oxygen atoms in total. The fraction of sp³-hybridized carbons (Fsp3) is 0.350. The van der Waals surface area contributed by atoms with Crippen molar-refractivity contribution in [3.8, 4) is 0 Å². The molecule has 2 aromatic rings. The zero-order valence-electron chi connectivity index (χ0n) is 14.3. The van der Waals surface area contributed by atoms with E-state index in [1.165, 1.54) is 11.1 Å². The molecule has 1 amide bonds. The summed E-state index contributed by atoms with van der Waals surface area (Å²) in [7, 11) is 0. The van der Waals surface area contributed by atoms with Crippen LogP contribution in [0.1, 0.15) is 28.7 Å². The van der Waals surface area contributed by atoms with E-state index in [1.54, 1.807) is 0 Å². The first-order valence-electron chi connectivity index (χ1n) is 8.18. The fourth-order valence-corrected chi connectivity index (χ4v) is 2.78. The zero-order valence-corrected chi connectivity index (χ0v) is 14.3. The van der Waals surface area contributed by atoms with E-state index in [-0.39, 0.29) is 5.91 Å². The number of carbonyl (C=O) groups is 1. The maximum atomic E-state index is 12.1. The quantitative estimate of drug-likeness (QED) is 0.764. The molecule has 0 heterocycles. The summed E-state index contributed by atoms with van der Waals surface area (Å²) in [6.45, 7) is 7.73. The Morgan fingerprint density at radius 2 is 1.61 bits per heavy atom. The van der Waals surface area contributed by atoms with E-state index in [4.69, 9.17) is 0 Å². The molecule has 122 valence electrons. The molecule has 0 aliphatic rings. The molecule has 0 saturated heterocycles. The van der Waals surface area contributed by atoms with Crippen molar-refractivity contribution in [2.75, 3.05) is 18.4 Å². The molecule has 0 atom stereocenters. The van der Waals surface area contributed by atoms with E-state index in [9.17, 15) is 4.79 Å². The van der Waals surface area contributed by atoms with E-state index in [2.05, 4.69) is 54.0 Å². The van der Waals surface area contributed by atoms with Gasteiger partial charge in [0.25, 0.3) is 0 Å². The number of rotatable bonds is 7. The minimum atomic E-state index is 0.0623. The lowest BCUT2D eigenvalue weighted by Crippen LogP contribution is -2.24. The first-order chi connectivity index (χ1) is 11.1. The second-order valence-corrected chi connectivity index (χ2v) is 6.06. The molecule has 0 radical (unpaired) electrons. The molecule has 0 bridgehead atoms. The third-order valence-electron chi connectivity index (χ3n) is 3.90. The van der Waals surface area contributed by atoms with Gasteiger partial charge in [0.1, 0.15) is 0 Å². The van der Waals surface area contributed by atoms with Crippen molar-refractivity contribution in [1.29, 1.82) is 0 Å². The van der Waals surface area contributed by atoms with Gasteiger partial charge in [0.15, 0.2) is 0 Å². The molecular weight excluding hydrogens is 284 g/mol. The molecule has 23 heavy (non-hydrogen) atoms. The van der Waals surface area contributed by atoms with Gasteiger partial charge >= 0.3 is 0 Å². The van der Waals surface area contributed by atoms with Gasteiger partial charge in [0.05, 0.1) is 0 Å². The van der Waals surface area contributed by atoms with E-state index < -0.39 is 0 Å². The van der Waals surface area contributed by atoms with Crippen molar-refractivity contribution in [3.63, 3.8) is 0 Å². The van der Waals surface area contributed by atoms with Crippen LogP contribution in [0.4, 0.5) is 5.69 Å². The van der Waals surface area contributed by atoms with Crippen LogP contribution < -0.4 is 10.6 Å². The number of nitrogens with one attached hydrogen (secondary N) is 2. The van der Waals surface area contributed by atoms with Crippen LogP contribution in [0, 0.1) is 20.8 Å². The molecule has 0 fully saturated rings. The lowest BCUT2D eigenvalue weighted by molar-refractivity contribution is -0.116. The van der Waals surface area contributed by atoms with Gasteiger partial charge < -0.3 is 10.6 Å². The van der Waals surface area contributed by atoms with Crippen LogP contribution in [0.15, 0.2) is 42.5 Å². The average Bonchev–Trinajstić information content (AvgIpc) is 2.51. The number of hydrogen-bond donors (Lipinski definition) is 2. The molecule has 3 heteroatoms. The summed E-state index contributed by atoms with van der Waals surface area (Å²) in [5, 5.41) is 6.36. The SMILES string of the molecule is Cc1cc(C)c(NC(=O)CCNCCc2ccccc2)c(C)c1. The summed E-state index contributed by atoms with van der Waals surface area (Å²) in [6.07, 6.45) is 1.47. The Kier molecular flexibility index (Phi) is 6.36. The van der Waals surface area contributed by atoms with Crippen molar-refractivity contribution in [3.05, 3.63) is 64.7 Å². The van der Waals surface area contributed by atoms with Gasteiger partial charge in [-0.3, -0.25) is 4.79 Å². The Morgan fingerprint density at radius 1 is 0.957 bits per heavy atom. The van der Waals surface area contributed by atoms with E-state index in [1.807, 2.05) is 19.9 Å². The molecule has 0 spiro atoms. The van der Waals surface area contributed by atoms with Crippen LogP contribution in [0.25, 0.3) is 0 Å². The van der Waals surface area contributed by atoms with Crippen molar-refractivity contribution in [1.82, 2.24) is 5.32 Å². The lowest BCUT2D eigenvalue weighted by atomic mass is 10.1. The number of benzene rings is 2. The van der Waals surface area contributed by atoms with Crippen LogP contribution in [0.2, 0.25) is 0 Å². The monoisotopic (exact) mass is 310 g/mol. The van der Waals surface area contributed by atoms with Gasteiger partial charge in [-0.1, -0.05) is 48.0 Å². The van der Waals surface area contributed by atoms with Crippen molar-refractivity contribution in [2.24, 2.45) is 0 Å². The highest BCUT2D eigenvalue weighted by Crippen LogP contribution is 2.21. The van der Waals surface area contributed by atoms with Gasteiger partial charge in [0, 0.05) is 18.7 Å². The lowest BCUT2D eigenvalue weighted by Gasteiger charge is -2.13. The second-order valence-electron chi connectivity index (χ2n) is 6.06. The Balaban J connectivity index is 1.71. The highest BCUT2D eigenvalue weighted by Gasteiger charge is 2.07. The molecular formula is C20H26N2O. The Labute approximate surface area is 139 Å². The summed E-state index contributed by atoms with van der Waals surface area (Å²) < 4.78 is 0. The van der Waals surface area contributed by atoms with Gasteiger partial charge in [0.2, 0.25) is 5.91 Å². The van der Waals surface area contributed by atoms with E-state index >= 15 is 0 Å². The Hall–Kier alpha value is -2.13. The minimum absolute atomic E-state index is 0.0623. The molecule has 0 aliphatic carbocycles. The Morgan fingerprint density at radius 3 is 2.26 bits per heavy atom. The molecule has 0 aliphatic heterocycles. The van der Waals surface area contributed by atoms with Crippen LogP contribution in [0.5, 0.6) is 0 Å². The largest absolute Gasteiger partial charge is 0.326 e. The smallest absolute Gasteiger partial charge is 0.225 e. The number of amides is 1. The maximum Gasteiger partial charge on any atom is 0.225 e. The molecule has 0 aromatic heterocycles. The van der Waals surface area contributed by atoms with Crippen molar-refractivity contribution in [2.45, 2.75) is 33.6 Å². The minimum Gasteiger partial charge on any atom is -0.326 e. The highest BCUT2D eigenvalue weighted by molar-refractivity contribution is 5.92. The van der Waals surface area contributed by atoms with Crippen molar-refractivity contribution < 1.29 is 4.79 Å². The summed E-state index contributed by atoms with van der Waals surface area (Å²) in [4.78, 5) is 12.1. The number of anilines is 1. The van der Waals surface area contributed by atoms with Crippen LogP contribution in [0.3, 0.4) is 0 Å². The predicted molar refractivity (Wildman–Crippen MR) is 96.9 cm³/mol. The molecule has 0 unspecified atom stereocenters. The zero-order chi connectivity index (χ0) is 16.7. The average molecular weight is 310 g/mol. The molecule has 0 saturated carbocycles. The first kappa shape index (κ1) is 17.2. The van der Waals surface area contributed by atoms with E-state index in [0.29, 0.717) is 13.0 Å². The molecule has 2 N–H and O–H groups in total. The van der Waals surface area contributed by atoms with Crippen molar-refractivity contribution >= 4 is 11.6 Å². The van der Waals surface area contributed by atoms with Crippen LogP contribution in [-0.2, 0) is 11.2 Å². The number of aryl methyl sites for hydroxylation is 3. The van der Waals surface area contributed by atoms with Crippen LogP contribution >= 0.6 is 0 Å².